The monoisotopic (exact) mass is 470 g/mol. The average molecular weight is 471 g/mol. The molecule has 0 fully saturated rings. The third-order valence-corrected chi connectivity index (χ3v) is 10.8. The summed E-state index contributed by atoms with van der Waals surface area (Å²) >= 11 is 3.36. The van der Waals surface area contributed by atoms with Crippen molar-refractivity contribution in [2.45, 2.75) is 38.7 Å². The summed E-state index contributed by atoms with van der Waals surface area (Å²) in [5.41, 5.74) is 0. The van der Waals surface area contributed by atoms with E-state index < -0.39 is 8.32 Å². The fourth-order valence-corrected chi connectivity index (χ4v) is 8.90. The summed E-state index contributed by atoms with van der Waals surface area (Å²) in [6.07, 6.45) is 2.28. The van der Waals surface area contributed by atoms with Crippen LogP contribution >= 0.6 is 15.9 Å². The maximum atomic E-state index is 11.0. The van der Waals surface area contributed by atoms with Crippen LogP contribution in [0.1, 0.15) is 43.5 Å². The van der Waals surface area contributed by atoms with Crippen LogP contribution in [0.15, 0.2) is 75.6 Å². The van der Waals surface area contributed by atoms with Crippen LogP contribution in [-0.2, 0) is 10.8 Å². The number of benzene rings is 2. The largest absolute Gasteiger partial charge is 0.457 e. The normalized spacial score (nSPS) is 12.1. The number of rotatable bonds is 8. The minimum atomic E-state index is -2.50. The summed E-state index contributed by atoms with van der Waals surface area (Å²) in [7, 11) is -2.50. The van der Waals surface area contributed by atoms with Crippen molar-refractivity contribution in [2.24, 2.45) is 0 Å². The molecule has 152 valence electrons. The molecule has 3 nitrogen and oxygen atoms in total. The van der Waals surface area contributed by atoms with Crippen molar-refractivity contribution >= 4 is 40.9 Å². The van der Waals surface area contributed by atoms with Crippen molar-refractivity contribution in [3.63, 3.8) is 0 Å². The van der Waals surface area contributed by atoms with Crippen LogP contribution in [0, 0.1) is 0 Å². The van der Waals surface area contributed by atoms with Gasteiger partial charge in [-0.15, -0.1) is 0 Å². The minimum Gasteiger partial charge on any atom is -0.457 e. The van der Waals surface area contributed by atoms with E-state index in [1.54, 1.807) is 0 Å². The Morgan fingerprint density at radius 2 is 1.55 bits per heavy atom. The van der Waals surface area contributed by atoms with E-state index in [0.29, 0.717) is 16.8 Å². The smallest absolute Gasteiger partial charge is 0.261 e. The van der Waals surface area contributed by atoms with Crippen LogP contribution in [0.25, 0.3) is 0 Å². The van der Waals surface area contributed by atoms with Crippen molar-refractivity contribution in [2.75, 3.05) is 6.61 Å². The van der Waals surface area contributed by atoms with Gasteiger partial charge in [-0.3, -0.25) is 4.79 Å². The molecule has 0 bridgehead atoms. The van der Waals surface area contributed by atoms with E-state index in [9.17, 15) is 4.79 Å². The van der Waals surface area contributed by atoms with Gasteiger partial charge >= 0.3 is 0 Å². The van der Waals surface area contributed by atoms with Gasteiger partial charge in [0.25, 0.3) is 8.32 Å². The zero-order valence-corrected chi connectivity index (χ0v) is 19.7. The van der Waals surface area contributed by atoms with Crippen LogP contribution < -0.4 is 10.4 Å². The molecule has 2 aromatic carbocycles. The lowest BCUT2D eigenvalue weighted by atomic mass is 10.2. The number of furan rings is 1. The van der Waals surface area contributed by atoms with E-state index >= 15 is 0 Å². The number of aldehydes is 1. The first kappa shape index (κ1) is 21.7. The van der Waals surface area contributed by atoms with Gasteiger partial charge in [0.1, 0.15) is 5.76 Å². The standard InChI is InChI=1S/C24H27BrO3Si/c1-24(2,3)29(20-12-6-4-7-13-20,21-14-8-5-9-15-21)27-16-10-11-19-17-22(25)23(18-26)28-19/h4-9,12-15,17-18H,10-11,16H2,1-3H3. The lowest BCUT2D eigenvalue weighted by molar-refractivity contribution is 0.109. The van der Waals surface area contributed by atoms with Crippen molar-refractivity contribution in [1.29, 1.82) is 0 Å². The molecular weight excluding hydrogens is 444 g/mol. The van der Waals surface area contributed by atoms with Crippen LogP contribution in [0.3, 0.4) is 0 Å². The second-order valence-electron chi connectivity index (χ2n) is 8.16. The molecule has 0 saturated heterocycles. The Labute approximate surface area is 182 Å². The molecule has 0 saturated carbocycles. The molecule has 0 aliphatic rings. The molecule has 0 radical (unpaired) electrons. The van der Waals surface area contributed by atoms with Crippen LogP contribution in [-0.4, -0.2) is 21.2 Å². The maximum absolute atomic E-state index is 11.0. The lowest BCUT2D eigenvalue weighted by Crippen LogP contribution is -2.66. The van der Waals surface area contributed by atoms with Crippen LogP contribution in [0.5, 0.6) is 0 Å². The van der Waals surface area contributed by atoms with E-state index in [-0.39, 0.29) is 5.04 Å². The molecule has 0 amide bonds. The first-order chi connectivity index (χ1) is 13.9. The summed E-state index contributed by atoms with van der Waals surface area (Å²) in [5.74, 6) is 1.14. The van der Waals surface area contributed by atoms with Gasteiger partial charge in [0.15, 0.2) is 12.0 Å². The third kappa shape index (κ3) is 4.63. The van der Waals surface area contributed by atoms with Crippen molar-refractivity contribution in [1.82, 2.24) is 0 Å². The minimum absolute atomic E-state index is 0.0336. The summed E-state index contributed by atoms with van der Waals surface area (Å²) in [6, 6.07) is 23.1. The van der Waals surface area contributed by atoms with E-state index in [2.05, 4.69) is 97.4 Å². The van der Waals surface area contributed by atoms with Crippen LogP contribution in [0.2, 0.25) is 5.04 Å². The van der Waals surface area contributed by atoms with E-state index in [1.807, 2.05) is 6.07 Å². The molecule has 0 atom stereocenters. The number of carbonyl (C=O) groups is 1. The predicted molar refractivity (Wildman–Crippen MR) is 124 cm³/mol. The molecule has 29 heavy (non-hydrogen) atoms. The molecular formula is C24H27BrO3Si. The molecule has 0 N–H and O–H groups in total. The highest BCUT2D eigenvalue weighted by Crippen LogP contribution is 2.36. The van der Waals surface area contributed by atoms with Gasteiger partial charge in [0.2, 0.25) is 0 Å². The maximum Gasteiger partial charge on any atom is 0.261 e. The number of aryl methyl sites for hydroxylation is 1. The van der Waals surface area contributed by atoms with Gasteiger partial charge in [-0.2, -0.15) is 0 Å². The van der Waals surface area contributed by atoms with Crippen LogP contribution in [0.4, 0.5) is 0 Å². The topological polar surface area (TPSA) is 39.4 Å². The molecule has 0 unspecified atom stereocenters. The number of carbonyl (C=O) groups excluding carboxylic acids is 1. The second kappa shape index (κ2) is 9.24. The second-order valence-corrected chi connectivity index (χ2v) is 13.3. The Bertz CT molecular complexity index is 890. The van der Waals surface area contributed by atoms with E-state index in [0.717, 1.165) is 24.9 Å². The molecule has 0 aliphatic heterocycles. The van der Waals surface area contributed by atoms with E-state index in [1.165, 1.54) is 10.4 Å². The van der Waals surface area contributed by atoms with Gasteiger partial charge in [0, 0.05) is 13.0 Å². The molecule has 3 aromatic rings. The number of halogens is 1. The molecule has 1 aromatic heterocycles. The predicted octanol–water partition coefficient (Wildman–Crippen LogP) is 5.36. The number of hydrogen-bond donors (Lipinski definition) is 0. The van der Waals surface area contributed by atoms with Gasteiger partial charge < -0.3 is 8.84 Å². The first-order valence-corrected chi connectivity index (χ1v) is 12.6. The van der Waals surface area contributed by atoms with Crippen molar-refractivity contribution in [3.8, 4) is 0 Å². The van der Waals surface area contributed by atoms with E-state index in [4.69, 9.17) is 8.84 Å². The molecule has 0 aliphatic carbocycles. The first-order valence-electron chi connectivity index (χ1n) is 9.87. The third-order valence-electron chi connectivity index (χ3n) is 5.17. The highest BCUT2D eigenvalue weighted by atomic mass is 79.9. The Morgan fingerprint density at radius 1 is 1.00 bits per heavy atom. The van der Waals surface area contributed by atoms with Gasteiger partial charge in [-0.1, -0.05) is 81.4 Å². The fraction of sp³-hybridized carbons (Fsp3) is 0.292. The number of hydrogen-bond acceptors (Lipinski definition) is 3. The molecule has 0 spiro atoms. The highest BCUT2D eigenvalue weighted by molar-refractivity contribution is 9.10. The Hall–Kier alpha value is -1.95. The quantitative estimate of drug-likeness (QED) is 0.252. The fourth-order valence-electron chi connectivity index (χ4n) is 3.87. The molecule has 3 rings (SSSR count). The van der Waals surface area contributed by atoms with Crippen molar-refractivity contribution < 1.29 is 13.6 Å². The SMILES string of the molecule is CC(C)(C)[Si](OCCCc1cc(Br)c(C=O)o1)(c1ccccc1)c1ccccc1. The summed E-state index contributed by atoms with van der Waals surface area (Å²) in [6.45, 7) is 7.46. The molecule has 1 heterocycles. The molecule has 5 heteroatoms. The Balaban J connectivity index is 1.86. The summed E-state index contributed by atoms with van der Waals surface area (Å²) in [5, 5.41) is 2.53. The zero-order valence-electron chi connectivity index (χ0n) is 17.2. The average Bonchev–Trinajstić information content (AvgIpc) is 3.08. The summed E-state index contributed by atoms with van der Waals surface area (Å²) in [4.78, 5) is 11.0. The van der Waals surface area contributed by atoms with Gasteiger partial charge in [-0.05, 0) is 43.8 Å². The Morgan fingerprint density at radius 3 is 2.00 bits per heavy atom. The lowest BCUT2D eigenvalue weighted by Gasteiger charge is -2.43. The highest BCUT2D eigenvalue weighted by Gasteiger charge is 2.49. The van der Waals surface area contributed by atoms with Gasteiger partial charge in [-0.25, -0.2) is 0 Å². The zero-order chi connectivity index (χ0) is 20.9. The van der Waals surface area contributed by atoms with Crippen molar-refractivity contribution in [3.05, 3.63) is 82.7 Å². The summed E-state index contributed by atoms with van der Waals surface area (Å²) < 4.78 is 13.1. The van der Waals surface area contributed by atoms with Gasteiger partial charge in [0.05, 0.1) is 4.47 Å². The Kier molecular flexibility index (Phi) is 6.93.